The van der Waals surface area contributed by atoms with Crippen LogP contribution in [0.2, 0.25) is 0 Å². The predicted octanol–water partition coefficient (Wildman–Crippen LogP) is -1.60. The summed E-state index contributed by atoms with van der Waals surface area (Å²) < 4.78 is 0. The third kappa shape index (κ3) is 5.72. The molecule has 2 rings (SSSR count). The van der Waals surface area contributed by atoms with Crippen molar-refractivity contribution in [3.8, 4) is 22.6 Å². The molecule has 0 heterocycles. The summed E-state index contributed by atoms with van der Waals surface area (Å²) in [4.78, 5) is 3.39. The summed E-state index contributed by atoms with van der Waals surface area (Å²) in [6.45, 7) is 0. The second kappa shape index (κ2) is 12.0. The summed E-state index contributed by atoms with van der Waals surface area (Å²) in [5, 5.41) is 24.1. The molecule has 2 aromatic rings. The van der Waals surface area contributed by atoms with Crippen LogP contribution >= 0.6 is 47.0 Å². The summed E-state index contributed by atoms with van der Waals surface area (Å²) in [5.74, 6) is 0.105. The third-order valence-electron chi connectivity index (χ3n) is 3.23. The van der Waals surface area contributed by atoms with E-state index in [0.717, 1.165) is 30.7 Å². The van der Waals surface area contributed by atoms with Gasteiger partial charge in [0.15, 0.2) is 0 Å². The number of benzene rings is 2. The molecule has 24 heavy (non-hydrogen) atoms. The summed E-state index contributed by atoms with van der Waals surface area (Å²) in [6, 6.07) is 7.21. The first-order valence-corrected chi connectivity index (χ1v) is 11.3. The maximum Gasteiger partial charge on any atom is 1.00 e. The van der Waals surface area contributed by atoms with Gasteiger partial charge in [0.2, 0.25) is 0 Å². The van der Waals surface area contributed by atoms with Crippen LogP contribution in [0.25, 0.3) is 11.1 Å². The maximum atomic E-state index is 12.3. The van der Waals surface area contributed by atoms with Gasteiger partial charge >= 0.3 is 59.1 Å². The van der Waals surface area contributed by atoms with E-state index in [9.17, 15) is 10.2 Å². The van der Waals surface area contributed by atoms with Crippen molar-refractivity contribution < 1.29 is 69.3 Å². The summed E-state index contributed by atoms with van der Waals surface area (Å²) in [5.41, 5.74) is 2.05. The smallest absolute Gasteiger partial charge is 0.872 e. The van der Waals surface area contributed by atoms with E-state index in [1.807, 2.05) is 37.2 Å². The monoisotopic (exact) mass is 414 g/mol. The Morgan fingerprint density at radius 1 is 0.625 bits per heavy atom. The van der Waals surface area contributed by atoms with Crippen molar-refractivity contribution in [2.75, 3.05) is 25.0 Å². The first-order chi connectivity index (χ1) is 10.5. The molecule has 0 aliphatic rings. The standard InChI is InChI=1S/C16H18O2S4.2Na/c1-19-11-7-10(17)8-12(20-2)15(11)9-5-13(21-3)16(18)14(6-9)22-4;;/h5-8,17-18H,1-4H3;;/q;2*+1/p-2. The number of hydrogen-bond donors (Lipinski definition) is 0. The van der Waals surface area contributed by atoms with Crippen molar-refractivity contribution in [1.29, 1.82) is 0 Å². The van der Waals surface area contributed by atoms with Crippen LogP contribution in [0.3, 0.4) is 0 Å². The van der Waals surface area contributed by atoms with Crippen LogP contribution in [0.5, 0.6) is 11.5 Å². The third-order valence-corrected chi connectivity index (χ3v) is 6.24. The number of hydrogen-bond acceptors (Lipinski definition) is 6. The Balaban J connectivity index is 0.00000264. The van der Waals surface area contributed by atoms with Gasteiger partial charge in [0.1, 0.15) is 0 Å². The molecule has 8 heteroatoms. The molecule has 0 atom stereocenters. The molecule has 0 radical (unpaired) electrons. The van der Waals surface area contributed by atoms with Gasteiger partial charge in [-0.05, 0) is 42.7 Å². The van der Waals surface area contributed by atoms with Gasteiger partial charge in [-0.1, -0.05) is 17.9 Å². The van der Waals surface area contributed by atoms with Crippen LogP contribution in [0.4, 0.5) is 0 Å². The second-order valence-corrected chi connectivity index (χ2v) is 7.80. The normalized spacial score (nSPS) is 10.0. The summed E-state index contributed by atoms with van der Waals surface area (Å²) in [7, 11) is 0. The van der Waals surface area contributed by atoms with E-state index < -0.39 is 0 Å². The van der Waals surface area contributed by atoms with Gasteiger partial charge in [-0.2, -0.15) is 0 Å². The molecule has 2 nitrogen and oxygen atoms in total. The molecule has 0 amide bonds. The Labute approximate surface area is 205 Å². The molecule has 0 saturated carbocycles. The van der Waals surface area contributed by atoms with E-state index in [-0.39, 0.29) is 70.6 Å². The Bertz CT molecular complexity index is 646. The topological polar surface area (TPSA) is 46.1 Å². The zero-order chi connectivity index (χ0) is 16.3. The van der Waals surface area contributed by atoms with Crippen molar-refractivity contribution in [2.45, 2.75) is 19.6 Å². The van der Waals surface area contributed by atoms with Crippen LogP contribution in [0, 0.1) is 0 Å². The van der Waals surface area contributed by atoms with E-state index in [2.05, 4.69) is 0 Å². The molecule has 118 valence electrons. The zero-order valence-corrected chi connectivity index (χ0v) is 22.0. The van der Waals surface area contributed by atoms with Crippen molar-refractivity contribution in [2.24, 2.45) is 0 Å². The predicted molar refractivity (Wildman–Crippen MR) is 97.9 cm³/mol. The fraction of sp³-hybridized carbons (Fsp3) is 0.250. The van der Waals surface area contributed by atoms with Gasteiger partial charge < -0.3 is 10.2 Å². The van der Waals surface area contributed by atoms with Gasteiger partial charge in [-0.25, -0.2) is 0 Å². The summed E-state index contributed by atoms with van der Waals surface area (Å²) >= 11 is 6.05. The van der Waals surface area contributed by atoms with Crippen LogP contribution < -0.4 is 69.3 Å². The molecule has 0 aliphatic heterocycles. The molecule has 0 aliphatic carbocycles. The first kappa shape index (κ1) is 25.4. The van der Waals surface area contributed by atoms with Crippen LogP contribution in [-0.4, -0.2) is 25.0 Å². The second-order valence-electron chi connectivity index (χ2n) is 4.41. The molecule has 0 spiro atoms. The molecule has 0 saturated heterocycles. The minimum atomic E-state index is 0. The SMILES string of the molecule is CSc1cc(-c2c(SC)cc([O-])cc2SC)cc(SC)c1[O-].[Na+].[Na+]. The Morgan fingerprint density at radius 2 is 1.00 bits per heavy atom. The van der Waals surface area contributed by atoms with E-state index in [1.54, 1.807) is 35.7 Å². The molecule has 0 fully saturated rings. The van der Waals surface area contributed by atoms with Gasteiger partial charge in [0.05, 0.1) is 0 Å². The van der Waals surface area contributed by atoms with Gasteiger partial charge in [-0.3, -0.25) is 0 Å². The average molecular weight is 415 g/mol. The molecular formula is C16H16Na2O2S4. The van der Waals surface area contributed by atoms with Gasteiger partial charge in [0, 0.05) is 25.1 Å². The van der Waals surface area contributed by atoms with Gasteiger partial charge in [-0.15, -0.1) is 52.8 Å². The Kier molecular flexibility index (Phi) is 12.7. The molecule has 0 N–H and O–H groups in total. The Morgan fingerprint density at radius 3 is 1.33 bits per heavy atom. The quantitative estimate of drug-likeness (QED) is 0.434. The minimum absolute atomic E-state index is 0. The largest absolute Gasteiger partial charge is 1.00 e. The van der Waals surface area contributed by atoms with Crippen molar-refractivity contribution in [3.05, 3.63) is 24.3 Å². The van der Waals surface area contributed by atoms with E-state index >= 15 is 0 Å². The van der Waals surface area contributed by atoms with Crippen LogP contribution in [0.1, 0.15) is 0 Å². The molecule has 2 aromatic carbocycles. The van der Waals surface area contributed by atoms with E-state index in [0.29, 0.717) is 0 Å². The van der Waals surface area contributed by atoms with E-state index in [4.69, 9.17) is 0 Å². The number of thioether (sulfide) groups is 4. The molecule has 0 bridgehead atoms. The first-order valence-electron chi connectivity index (χ1n) is 6.42. The average Bonchev–Trinajstić information content (AvgIpc) is 2.54. The van der Waals surface area contributed by atoms with Crippen molar-refractivity contribution in [1.82, 2.24) is 0 Å². The fourth-order valence-corrected chi connectivity index (χ4v) is 4.74. The Hall–Kier alpha value is 1.44. The fourth-order valence-electron chi connectivity index (χ4n) is 2.20. The molecule has 0 aromatic heterocycles. The summed E-state index contributed by atoms with van der Waals surface area (Å²) in [6.07, 6.45) is 7.76. The van der Waals surface area contributed by atoms with Gasteiger partial charge in [0.25, 0.3) is 0 Å². The van der Waals surface area contributed by atoms with Crippen LogP contribution in [0.15, 0.2) is 43.8 Å². The van der Waals surface area contributed by atoms with Crippen molar-refractivity contribution in [3.63, 3.8) is 0 Å². The molecular weight excluding hydrogens is 398 g/mol. The number of rotatable bonds is 5. The van der Waals surface area contributed by atoms with E-state index in [1.165, 1.54) is 23.5 Å². The minimum Gasteiger partial charge on any atom is -0.872 e. The molecule has 0 unspecified atom stereocenters. The zero-order valence-electron chi connectivity index (χ0n) is 14.8. The van der Waals surface area contributed by atoms with Crippen molar-refractivity contribution >= 4 is 47.0 Å². The maximum absolute atomic E-state index is 12.3. The van der Waals surface area contributed by atoms with Crippen LogP contribution in [-0.2, 0) is 0 Å².